The van der Waals surface area contributed by atoms with Crippen LogP contribution in [0.1, 0.15) is 28.8 Å². The molecule has 2 aromatic rings. The summed E-state index contributed by atoms with van der Waals surface area (Å²) in [6.07, 6.45) is 4.40. The molecule has 1 atom stereocenters. The summed E-state index contributed by atoms with van der Waals surface area (Å²) in [6.45, 7) is 3.87. The van der Waals surface area contributed by atoms with Gasteiger partial charge in [-0.1, -0.05) is 66.7 Å². The monoisotopic (exact) mass is 264 g/mol. The third kappa shape index (κ3) is 4.20. The van der Waals surface area contributed by atoms with Gasteiger partial charge in [-0.15, -0.1) is 6.58 Å². The lowest BCUT2D eigenvalue weighted by molar-refractivity contribution is 0.0967. The lowest BCUT2D eigenvalue weighted by Crippen LogP contribution is -2.08. The van der Waals surface area contributed by atoms with Crippen LogP contribution < -0.4 is 0 Å². The first-order chi connectivity index (χ1) is 9.79. The van der Waals surface area contributed by atoms with E-state index in [1.165, 1.54) is 5.56 Å². The molecule has 0 aliphatic carbocycles. The van der Waals surface area contributed by atoms with Crippen molar-refractivity contribution in [1.29, 1.82) is 0 Å². The van der Waals surface area contributed by atoms with Gasteiger partial charge in [-0.25, -0.2) is 0 Å². The van der Waals surface area contributed by atoms with Crippen molar-refractivity contribution in [3.05, 3.63) is 84.4 Å². The molecule has 102 valence electrons. The molecular formula is C19H20O. The Bertz CT molecular complexity index is 542. The van der Waals surface area contributed by atoms with Crippen molar-refractivity contribution in [2.75, 3.05) is 0 Å². The molecule has 0 N–H and O–H groups in total. The van der Waals surface area contributed by atoms with Gasteiger partial charge in [-0.2, -0.15) is 0 Å². The smallest absolute Gasteiger partial charge is 0.163 e. The second-order valence-corrected chi connectivity index (χ2v) is 5.01. The molecule has 2 rings (SSSR count). The summed E-state index contributed by atoms with van der Waals surface area (Å²) in [4.78, 5) is 12.2. The fourth-order valence-corrected chi connectivity index (χ4v) is 2.28. The molecule has 0 aliphatic rings. The predicted octanol–water partition coefficient (Wildman–Crippen LogP) is 4.69. The van der Waals surface area contributed by atoms with Gasteiger partial charge in [-0.05, 0) is 24.3 Å². The maximum absolute atomic E-state index is 12.2. The molecular weight excluding hydrogens is 244 g/mol. The van der Waals surface area contributed by atoms with Gasteiger partial charge in [0.25, 0.3) is 0 Å². The highest BCUT2D eigenvalue weighted by atomic mass is 16.1. The molecule has 0 amide bonds. The highest BCUT2D eigenvalue weighted by Crippen LogP contribution is 2.17. The molecule has 2 aromatic carbocycles. The van der Waals surface area contributed by atoms with Gasteiger partial charge in [-0.3, -0.25) is 4.79 Å². The number of ketones is 1. The average Bonchev–Trinajstić information content (AvgIpc) is 2.53. The number of carbonyl (C=O) groups is 1. The van der Waals surface area contributed by atoms with Gasteiger partial charge in [0.2, 0.25) is 0 Å². The minimum Gasteiger partial charge on any atom is -0.294 e. The molecule has 1 heteroatoms. The van der Waals surface area contributed by atoms with Crippen molar-refractivity contribution in [3.63, 3.8) is 0 Å². The van der Waals surface area contributed by atoms with Crippen LogP contribution in [-0.4, -0.2) is 5.78 Å². The summed E-state index contributed by atoms with van der Waals surface area (Å²) in [5.41, 5.74) is 2.10. The van der Waals surface area contributed by atoms with E-state index in [0.717, 1.165) is 18.4 Å². The zero-order valence-corrected chi connectivity index (χ0v) is 11.7. The van der Waals surface area contributed by atoms with E-state index in [-0.39, 0.29) is 11.7 Å². The van der Waals surface area contributed by atoms with E-state index in [1.54, 1.807) is 0 Å². The standard InChI is InChI=1S/C19H20O/c1-2-16(13-14-17-9-5-3-6-10-17)15-19(20)18-11-7-4-8-12-18/h2-12,16H,1,13-15H2. The molecule has 1 unspecified atom stereocenters. The maximum atomic E-state index is 12.2. The van der Waals surface area contributed by atoms with Crippen molar-refractivity contribution >= 4 is 5.78 Å². The maximum Gasteiger partial charge on any atom is 0.163 e. The largest absolute Gasteiger partial charge is 0.294 e. The number of hydrogen-bond donors (Lipinski definition) is 0. The van der Waals surface area contributed by atoms with E-state index >= 15 is 0 Å². The quantitative estimate of drug-likeness (QED) is 0.523. The van der Waals surface area contributed by atoms with Crippen LogP contribution in [0.3, 0.4) is 0 Å². The molecule has 0 heterocycles. The Morgan fingerprint density at radius 3 is 2.20 bits per heavy atom. The lowest BCUT2D eigenvalue weighted by atomic mass is 9.92. The highest BCUT2D eigenvalue weighted by molar-refractivity contribution is 5.96. The number of aryl methyl sites for hydroxylation is 1. The van der Waals surface area contributed by atoms with Crippen molar-refractivity contribution in [1.82, 2.24) is 0 Å². The zero-order chi connectivity index (χ0) is 14.2. The van der Waals surface area contributed by atoms with Crippen LogP contribution in [0.15, 0.2) is 73.3 Å². The van der Waals surface area contributed by atoms with E-state index in [0.29, 0.717) is 6.42 Å². The second-order valence-electron chi connectivity index (χ2n) is 5.01. The van der Waals surface area contributed by atoms with Crippen LogP contribution in [0.2, 0.25) is 0 Å². The first kappa shape index (κ1) is 14.3. The molecule has 0 radical (unpaired) electrons. The minimum atomic E-state index is 0.198. The molecule has 1 nitrogen and oxygen atoms in total. The third-order valence-corrected chi connectivity index (χ3v) is 3.52. The van der Waals surface area contributed by atoms with E-state index in [9.17, 15) is 4.79 Å². The molecule has 0 spiro atoms. The summed E-state index contributed by atoms with van der Waals surface area (Å²) in [5, 5.41) is 0. The molecule has 20 heavy (non-hydrogen) atoms. The third-order valence-electron chi connectivity index (χ3n) is 3.52. The predicted molar refractivity (Wildman–Crippen MR) is 83.8 cm³/mol. The summed E-state index contributed by atoms with van der Waals surface area (Å²) in [5.74, 6) is 0.437. The fourth-order valence-electron chi connectivity index (χ4n) is 2.28. The fraction of sp³-hybridized carbons (Fsp3) is 0.211. The first-order valence-corrected chi connectivity index (χ1v) is 7.04. The molecule has 0 fully saturated rings. The Balaban J connectivity index is 1.89. The summed E-state index contributed by atoms with van der Waals surface area (Å²) < 4.78 is 0. The Labute approximate surface area is 121 Å². The normalized spacial score (nSPS) is 11.8. The average molecular weight is 264 g/mol. The van der Waals surface area contributed by atoms with Crippen LogP contribution in [0, 0.1) is 5.92 Å². The van der Waals surface area contributed by atoms with E-state index in [2.05, 4.69) is 18.7 Å². The van der Waals surface area contributed by atoms with E-state index in [4.69, 9.17) is 0 Å². The van der Waals surface area contributed by atoms with Gasteiger partial charge in [0.1, 0.15) is 0 Å². The number of rotatable bonds is 7. The number of hydrogen-bond acceptors (Lipinski definition) is 1. The molecule has 0 saturated heterocycles. The van der Waals surface area contributed by atoms with Crippen molar-refractivity contribution in [3.8, 4) is 0 Å². The topological polar surface area (TPSA) is 17.1 Å². The van der Waals surface area contributed by atoms with Crippen LogP contribution >= 0.6 is 0 Å². The first-order valence-electron chi connectivity index (χ1n) is 7.04. The summed E-state index contributed by atoms with van der Waals surface area (Å²) >= 11 is 0. The van der Waals surface area contributed by atoms with Crippen molar-refractivity contribution in [2.45, 2.75) is 19.3 Å². The van der Waals surface area contributed by atoms with E-state index < -0.39 is 0 Å². The Morgan fingerprint density at radius 1 is 1.00 bits per heavy atom. The number of Topliss-reactive ketones (excluding diaryl/α,β-unsaturated/α-hetero) is 1. The Hall–Kier alpha value is -2.15. The van der Waals surface area contributed by atoms with Crippen LogP contribution in [-0.2, 0) is 6.42 Å². The van der Waals surface area contributed by atoms with Crippen LogP contribution in [0.5, 0.6) is 0 Å². The number of benzene rings is 2. The van der Waals surface area contributed by atoms with E-state index in [1.807, 2.05) is 54.6 Å². The molecule has 0 bridgehead atoms. The summed E-state index contributed by atoms with van der Waals surface area (Å²) in [7, 11) is 0. The van der Waals surface area contributed by atoms with Crippen molar-refractivity contribution < 1.29 is 4.79 Å². The van der Waals surface area contributed by atoms with Gasteiger partial charge in [0.15, 0.2) is 5.78 Å². The lowest BCUT2D eigenvalue weighted by Gasteiger charge is -2.11. The Morgan fingerprint density at radius 2 is 1.60 bits per heavy atom. The molecule has 0 saturated carbocycles. The number of allylic oxidation sites excluding steroid dienone is 1. The van der Waals surface area contributed by atoms with Crippen LogP contribution in [0.4, 0.5) is 0 Å². The summed E-state index contributed by atoms with van der Waals surface area (Å²) in [6, 6.07) is 19.9. The van der Waals surface area contributed by atoms with Gasteiger partial charge < -0.3 is 0 Å². The van der Waals surface area contributed by atoms with Gasteiger partial charge in [0.05, 0.1) is 0 Å². The minimum absolute atomic E-state index is 0.198. The molecule has 0 aromatic heterocycles. The second kappa shape index (κ2) is 7.44. The SMILES string of the molecule is C=CC(CCc1ccccc1)CC(=O)c1ccccc1. The zero-order valence-electron chi connectivity index (χ0n) is 11.7. The van der Waals surface area contributed by atoms with Crippen LogP contribution in [0.25, 0.3) is 0 Å². The van der Waals surface area contributed by atoms with Gasteiger partial charge in [0, 0.05) is 12.0 Å². The van der Waals surface area contributed by atoms with Crippen molar-refractivity contribution in [2.24, 2.45) is 5.92 Å². The molecule has 0 aliphatic heterocycles. The Kier molecular flexibility index (Phi) is 5.31. The number of carbonyl (C=O) groups excluding carboxylic acids is 1. The highest BCUT2D eigenvalue weighted by Gasteiger charge is 2.12. The van der Waals surface area contributed by atoms with Gasteiger partial charge >= 0.3 is 0 Å².